The van der Waals surface area contributed by atoms with Gasteiger partial charge in [-0.3, -0.25) is 19.0 Å². The molecule has 2 aliphatic carbocycles. The molecule has 2 bridgehead atoms. The number of carbonyl (C=O) groups is 2. The number of hydrogen-bond acceptors (Lipinski definition) is 8. The number of aromatic nitrogens is 3. The molecule has 0 unspecified atom stereocenters. The molecular weight excluding hydrogens is 528 g/mol. The van der Waals surface area contributed by atoms with Gasteiger partial charge in [-0.15, -0.1) is 11.3 Å². The van der Waals surface area contributed by atoms with Gasteiger partial charge in [-0.25, -0.2) is 9.97 Å². The number of hydrogen-bond donors (Lipinski definition) is 2. The molecule has 1 saturated carbocycles. The van der Waals surface area contributed by atoms with Crippen molar-refractivity contribution in [1.82, 2.24) is 24.8 Å². The van der Waals surface area contributed by atoms with E-state index in [1.54, 1.807) is 22.0 Å². The van der Waals surface area contributed by atoms with Crippen molar-refractivity contribution in [1.29, 1.82) is 0 Å². The Hall–Kier alpha value is -3.31. The highest BCUT2D eigenvalue weighted by atomic mass is 32.1. The quantitative estimate of drug-likeness (QED) is 0.504. The Morgan fingerprint density at radius 1 is 1.23 bits per heavy atom. The maximum atomic E-state index is 13.9. The topological polar surface area (TPSA) is 118 Å². The molecule has 0 radical (unpaired) electrons. The number of ether oxygens (including phenoxy) is 1. The second-order valence-electron chi connectivity index (χ2n) is 12.1. The van der Waals surface area contributed by atoms with Crippen LogP contribution in [0.15, 0.2) is 17.2 Å². The molecular formula is C29H32N6O4S. The van der Waals surface area contributed by atoms with E-state index < -0.39 is 5.66 Å². The number of nitrogens with zero attached hydrogens (tertiary/aromatic N) is 4. The van der Waals surface area contributed by atoms with Crippen LogP contribution >= 0.6 is 11.3 Å². The number of pyridine rings is 1. The van der Waals surface area contributed by atoms with Crippen molar-refractivity contribution in [3.63, 3.8) is 0 Å². The molecule has 5 aliphatic rings. The number of nitrogens with one attached hydrogen (secondary N) is 2. The summed E-state index contributed by atoms with van der Waals surface area (Å²) >= 11 is 1.62. The minimum atomic E-state index is -0.644. The molecule has 6 heterocycles. The summed E-state index contributed by atoms with van der Waals surface area (Å²) in [6, 6.07) is 2.00. The van der Waals surface area contributed by atoms with Crippen LogP contribution in [0.5, 0.6) is 0 Å². The number of aryl methyl sites for hydroxylation is 2. The van der Waals surface area contributed by atoms with Gasteiger partial charge >= 0.3 is 0 Å². The largest absolute Gasteiger partial charge is 0.374 e. The van der Waals surface area contributed by atoms with Crippen molar-refractivity contribution >= 4 is 44.9 Å². The number of fused-ring (bicyclic) bond motifs is 7. The molecule has 10 nitrogen and oxygen atoms in total. The molecule has 0 aromatic carbocycles. The summed E-state index contributed by atoms with van der Waals surface area (Å²) in [6.45, 7) is 3.27. The molecule has 2 amide bonds. The Balaban J connectivity index is 1.13. The molecule has 208 valence electrons. The minimum Gasteiger partial charge on any atom is -0.374 e. The maximum Gasteiger partial charge on any atom is 0.276 e. The van der Waals surface area contributed by atoms with Crippen LogP contribution in [-0.4, -0.2) is 56.5 Å². The summed E-state index contributed by atoms with van der Waals surface area (Å²) in [6.07, 6.45) is 9.56. The predicted molar refractivity (Wildman–Crippen MR) is 150 cm³/mol. The highest BCUT2D eigenvalue weighted by Crippen LogP contribution is 2.42. The number of rotatable bonds is 3. The Morgan fingerprint density at radius 2 is 2.08 bits per heavy atom. The lowest BCUT2D eigenvalue weighted by Crippen LogP contribution is -2.48. The van der Waals surface area contributed by atoms with E-state index in [0.717, 1.165) is 73.7 Å². The third-order valence-electron chi connectivity index (χ3n) is 9.69. The number of carbonyl (C=O) groups excluding carboxylic acids is 2. The Bertz CT molecular complexity index is 1640. The molecule has 8 rings (SSSR count). The highest BCUT2D eigenvalue weighted by Gasteiger charge is 2.46. The summed E-state index contributed by atoms with van der Waals surface area (Å²) < 4.78 is 7.41. The first-order valence-electron chi connectivity index (χ1n) is 14.5. The predicted octanol–water partition coefficient (Wildman–Crippen LogP) is 3.37. The minimum absolute atomic E-state index is 0.0231. The van der Waals surface area contributed by atoms with Crippen molar-refractivity contribution in [3.8, 4) is 0 Å². The molecule has 2 saturated heterocycles. The molecule has 1 spiro atoms. The molecule has 3 aliphatic heterocycles. The Labute approximate surface area is 235 Å². The van der Waals surface area contributed by atoms with Crippen molar-refractivity contribution < 1.29 is 14.3 Å². The lowest BCUT2D eigenvalue weighted by molar-refractivity contribution is -0.140. The lowest BCUT2D eigenvalue weighted by atomic mass is 9.86. The zero-order valence-corrected chi connectivity index (χ0v) is 23.3. The van der Waals surface area contributed by atoms with Crippen LogP contribution in [0, 0.1) is 12.8 Å². The Morgan fingerprint density at radius 3 is 2.85 bits per heavy atom. The van der Waals surface area contributed by atoms with Crippen LogP contribution in [0.3, 0.4) is 0 Å². The van der Waals surface area contributed by atoms with Gasteiger partial charge in [-0.2, -0.15) is 0 Å². The summed E-state index contributed by atoms with van der Waals surface area (Å²) in [5.41, 5.74) is 1.98. The first-order chi connectivity index (χ1) is 19.4. The van der Waals surface area contributed by atoms with Crippen LogP contribution in [0.4, 0.5) is 11.5 Å². The van der Waals surface area contributed by atoms with Gasteiger partial charge in [0.1, 0.15) is 34.0 Å². The van der Waals surface area contributed by atoms with Crippen LogP contribution in [0.2, 0.25) is 0 Å². The molecule has 3 fully saturated rings. The highest BCUT2D eigenvalue weighted by molar-refractivity contribution is 7.19. The number of amides is 2. The van der Waals surface area contributed by atoms with Crippen LogP contribution in [0.25, 0.3) is 10.2 Å². The van der Waals surface area contributed by atoms with Gasteiger partial charge in [0.15, 0.2) is 0 Å². The first-order valence-corrected chi connectivity index (χ1v) is 15.3. The summed E-state index contributed by atoms with van der Waals surface area (Å²) in [5, 5.41) is 7.44. The summed E-state index contributed by atoms with van der Waals surface area (Å²) in [4.78, 5) is 53.5. The SMILES string of the molecule is Cc1cc(Nc2ncnc3sc4c(c23)CC[C@H](C(=O)N2C[C@H]3C[C@@H]2CO3)C4)c(=O)n2c1C(=O)NC21CCCCC1. The van der Waals surface area contributed by atoms with Gasteiger partial charge in [0, 0.05) is 17.3 Å². The monoisotopic (exact) mass is 560 g/mol. The number of thiophene rings is 1. The second kappa shape index (κ2) is 8.84. The standard InChI is InChI=1S/C29H32N6O4S/c1-15-9-20(28(38)35-23(15)25(36)33-29(35)7-3-2-4-8-29)32-24-22-19-6-5-16(10-21(19)40-26(22)31-14-30-24)27(37)34-12-18-11-17(34)13-39-18/h9,14,16-18H,2-8,10-13H2,1H3,(H,33,36)(H,30,31,32)/t16-,17+,18+/m0/s1. The molecule has 2 N–H and O–H groups in total. The van der Waals surface area contributed by atoms with Gasteiger partial charge in [0.2, 0.25) is 5.91 Å². The van der Waals surface area contributed by atoms with E-state index in [4.69, 9.17) is 4.74 Å². The fourth-order valence-corrected chi connectivity index (χ4v) is 9.05. The Kier molecular flexibility index (Phi) is 5.41. The van der Waals surface area contributed by atoms with Crippen molar-refractivity contribution in [2.75, 3.05) is 18.5 Å². The zero-order chi connectivity index (χ0) is 27.2. The average molecular weight is 561 g/mol. The molecule has 3 atom stereocenters. The molecule has 11 heteroatoms. The van der Waals surface area contributed by atoms with Gasteiger partial charge in [-0.05, 0) is 75.5 Å². The molecule has 40 heavy (non-hydrogen) atoms. The van der Waals surface area contributed by atoms with E-state index in [9.17, 15) is 14.4 Å². The van der Waals surface area contributed by atoms with Crippen molar-refractivity contribution in [2.24, 2.45) is 5.92 Å². The van der Waals surface area contributed by atoms with Crippen molar-refractivity contribution in [3.05, 3.63) is 44.4 Å². The normalized spacial score (nSPS) is 26.3. The average Bonchev–Trinajstić information content (AvgIpc) is 3.73. The smallest absolute Gasteiger partial charge is 0.276 e. The second-order valence-corrected chi connectivity index (χ2v) is 13.2. The number of anilines is 2. The lowest BCUT2D eigenvalue weighted by Gasteiger charge is -2.35. The van der Waals surface area contributed by atoms with Crippen LogP contribution < -0.4 is 16.2 Å². The summed E-state index contributed by atoms with van der Waals surface area (Å²) in [7, 11) is 0. The van der Waals surface area contributed by atoms with E-state index in [-0.39, 0.29) is 35.4 Å². The van der Waals surface area contributed by atoms with Crippen LogP contribution in [0.1, 0.15) is 71.4 Å². The fraction of sp³-hybridized carbons (Fsp3) is 0.552. The third kappa shape index (κ3) is 3.52. The van der Waals surface area contributed by atoms with E-state index in [2.05, 4.69) is 20.6 Å². The third-order valence-corrected chi connectivity index (χ3v) is 10.9. The van der Waals surface area contributed by atoms with E-state index >= 15 is 0 Å². The number of morpholine rings is 1. The maximum absolute atomic E-state index is 13.9. The fourth-order valence-electron chi connectivity index (χ4n) is 7.78. The molecule has 3 aromatic heterocycles. The summed E-state index contributed by atoms with van der Waals surface area (Å²) in [5.74, 6) is 0.667. The van der Waals surface area contributed by atoms with Gasteiger partial charge in [0.05, 0.1) is 24.1 Å². The van der Waals surface area contributed by atoms with Gasteiger partial charge in [0.25, 0.3) is 11.5 Å². The number of likely N-dealkylation sites (tertiary alicyclic amines) is 1. The molecule has 3 aromatic rings. The van der Waals surface area contributed by atoms with Gasteiger partial charge in [-0.1, -0.05) is 6.42 Å². The van der Waals surface area contributed by atoms with Gasteiger partial charge < -0.3 is 20.3 Å². The first kappa shape index (κ1) is 24.5. The van der Waals surface area contributed by atoms with Crippen LogP contribution in [-0.2, 0) is 28.0 Å². The van der Waals surface area contributed by atoms with Crippen molar-refractivity contribution in [2.45, 2.75) is 82.5 Å². The van der Waals surface area contributed by atoms with E-state index in [1.165, 1.54) is 16.8 Å². The van der Waals surface area contributed by atoms with E-state index in [1.807, 2.05) is 11.8 Å². The zero-order valence-electron chi connectivity index (χ0n) is 22.5. The van der Waals surface area contributed by atoms with E-state index in [0.29, 0.717) is 30.2 Å².